The van der Waals surface area contributed by atoms with Crippen LogP contribution in [0.2, 0.25) is 0 Å². The molecule has 24 heavy (non-hydrogen) atoms. The van der Waals surface area contributed by atoms with Gasteiger partial charge in [0.15, 0.2) is 0 Å². The average Bonchev–Trinajstić information content (AvgIpc) is 3.10. The molecule has 2 aliphatic rings. The molecule has 0 aromatic carbocycles. The zero-order valence-electron chi connectivity index (χ0n) is 14.4. The Morgan fingerprint density at radius 2 is 1.67 bits per heavy atom. The number of aromatic nitrogens is 2. The lowest BCUT2D eigenvalue weighted by molar-refractivity contribution is 0.343. The highest BCUT2D eigenvalue weighted by Gasteiger charge is 2.34. The molecule has 2 aliphatic heterocycles. The molecule has 3 heterocycles. The molecule has 0 atom stereocenters. The quantitative estimate of drug-likeness (QED) is 0.837. The lowest BCUT2D eigenvalue weighted by Crippen LogP contribution is -2.52. The minimum absolute atomic E-state index is 0.498. The van der Waals surface area contributed by atoms with Crippen molar-refractivity contribution in [1.29, 1.82) is 0 Å². The van der Waals surface area contributed by atoms with Gasteiger partial charge in [-0.3, -0.25) is 0 Å². The largest absolute Gasteiger partial charge is 0.370 e. The molecule has 8 nitrogen and oxygen atoms in total. The molecule has 2 fully saturated rings. The summed E-state index contributed by atoms with van der Waals surface area (Å²) < 4.78 is 28.5. The van der Waals surface area contributed by atoms with Gasteiger partial charge in [-0.25, -0.2) is 9.97 Å². The number of aryl methyl sites for hydroxylation is 1. The van der Waals surface area contributed by atoms with E-state index in [1.807, 2.05) is 19.9 Å². The molecule has 1 aromatic rings. The van der Waals surface area contributed by atoms with E-state index in [1.165, 1.54) is 0 Å². The first-order chi connectivity index (χ1) is 11.5. The molecular weight excluding hydrogens is 328 g/mol. The summed E-state index contributed by atoms with van der Waals surface area (Å²) in [7, 11) is -3.30. The van der Waals surface area contributed by atoms with Crippen LogP contribution in [-0.4, -0.2) is 72.8 Å². The highest BCUT2D eigenvalue weighted by molar-refractivity contribution is 7.86. The molecule has 0 unspecified atom stereocenters. The van der Waals surface area contributed by atoms with E-state index >= 15 is 0 Å². The topological polar surface area (TPSA) is 81.7 Å². The molecule has 0 bridgehead atoms. The van der Waals surface area contributed by atoms with Crippen molar-refractivity contribution in [3.05, 3.63) is 11.9 Å². The Morgan fingerprint density at radius 1 is 1.04 bits per heavy atom. The molecule has 9 heteroatoms. The maximum absolute atomic E-state index is 12.6. The Labute approximate surface area is 144 Å². The molecule has 1 N–H and O–H groups in total. The van der Waals surface area contributed by atoms with E-state index in [0.717, 1.165) is 36.8 Å². The summed E-state index contributed by atoms with van der Waals surface area (Å²) in [6, 6.07) is 1.93. The fourth-order valence-electron chi connectivity index (χ4n) is 3.22. The number of piperazine rings is 1. The third kappa shape index (κ3) is 3.62. The number of hydrogen-bond acceptors (Lipinski definition) is 6. The van der Waals surface area contributed by atoms with E-state index in [0.29, 0.717) is 39.3 Å². The van der Waals surface area contributed by atoms with Gasteiger partial charge in [0.25, 0.3) is 10.2 Å². The zero-order valence-corrected chi connectivity index (χ0v) is 15.2. The molecule has 134 valence electrons. The van der Waals surface area contributed by atoms with Gasteiger partial charge in [0.2, 0.25) is 0 Å². The molecule has 2 saturated heterocycles. The second kappa shape index (κ2) is 7.20. The monoisotopic (exact) mass is 354 g/mol. The van der Waals surface area contributed by atoms with Crippen molar-refractivity contribution >= 4 is 21.8 Å². The second-order valence-corrected chi connectivity index (χ2v) is 8.12. The van der Waals surface area contributed by atoms with Crippen molar-refractivity contribution in [1.82, 2.24) is 18.6 Å². The molecular formula is C15H26N6O2S. The van der Waals surface area contributed by atoms with E-state index < -0.39 is 10.2 Å². The lowest BCUT2D eigenvalue weighted by Gasteiger charge is -2.36. The minimum atomic E-state index is -3.30. The van der Waals surface area contributed by atoms with Gasteiger partial charge in [-0.05, 0) is 26.7 Å². The van der Waals surface area contributed by atoms with Crippen molar-refractivity contribution < 1.29 is 8.42 Å². The fourth-order valence-corrected chi connectivity index (χ4v) is 4.89. The fraction of sp³-hybridized carbons (Fsp3) is 0.733. The molecule has 0 aliphatic carbocycles. The second-order valence-electron chi connectivity index (χ2n) is 6.19. The van der Waals surface area contributed by atoms with Crippen LogP contribution in [0.15, 0.2) is 6.07 Å². The Balaban J connectivity index is 1.67. The van der Waals surface area contributed by atoms with E-state index in [1.54, 1.807) is 8.61 Å². The summed E-state index contributed by atoms with van der Waals surface area (Å²) >= 11 is 0. The Morgan fingerprint density at radius 3 is 2.29 bits per heavy atom. The van der Waals surface area contributed by atoms with E-state index in [2.05, 4.69) is 20.2 Å². The van der Waals surface area contributed by atoms with Crippen LogP contribution in [0.3, 0.4) is 0 Å². The number of nitrogens with one attached hydrogen (secondary N) is 1. The SMILES string of the molecule is CCNc1cc(N2CCN(S(=O)(=O)N3CCCC3)CC2)nc(C)n1. The molecule has 0 amide bonds. The standard InChI is InChI=1S/C15H26N6O2S/c1-3-16-14-12-15(18-13(2)17-14)19-8-10-21(11-9-19)24(22,23)20-6-4-5-7-20/h12H,3-11H2,1-2H3,(H,16,17,18). The van der Waals surface area contributed by atoms with Crippen molar-refractivity contribution in [2.24, 2.45) is 0 Å². The van der Waals surface area contributed by atoms with Crippen LogP contribution in [0.25, 0.3) is 0 Å². The highest BCUT2D eigenvalue weighted by Crippen LogP contribution is 2.21. The van der Waals surface area contributed by atoms with Gasteiger partial charge in [0.1, 0.15) is 17.5 Å². The average molecular weight is 354 g/mol. The van der Waals surface area contributed by atoms with Gasteiger partial charge in [-0.2, -0.15) is 17.0 Å². The molecule has 1 aromatic heterocycles. The predicted octanol–water partition coefficient (Wildman–Crippen LogP) is 0.679. The first-order valence-corrected chi connectivity index (χ1v) is 10.00. The van der Waals surface area contributed by atoms with Crippen LogP contribution in [0.1, 0.15) is 25.6 Å². The third-order valence-electron chi connectivity index (χ3n) is 4.46. The summed E-state index contributed by atoms with van der Waals surface area (Å²) in [6.07, 6.45) is 1.93. The summed E-state index contributed by atoms with van der Waals surface area (Å²) in [5.41, 5.74) is 0. The zero-order chi connectivity index (χ0) is 17.2. The predicted molar refractivity (Wildman–Crippen MR) is 94.4 cm³/mol. The minimum Gasteiger partial charge on any atom is -0.370 e. The van der Waals surface area contributed by atoms with Gasteiger partial charge in [-0.15, -0.1) is 0 Å². The maximum Gasteiger partial charge on any atom is 0.282 e. The number of anilines is 2. The van der Waals surface area contributed by atoms with Gasteiger partial charge >= 0.3 is 0 Å². The lowest BCUT2D eigenvalue weighted by atomic mass is 10.3. The van der Waals surface area contributed by atoms with E-state index in [4.69, 9.17) is 0 Å². The van der Waals surface area contributed by atoms with Crippen LogP contribution >= 0.6 is 0 Å². The van der Waals surface area contributed by atoms with Crippen molar-refractivity contribution in [2.45, 2.75) is 26.7 Å². The summed E-state index contributed by atoms with van der Waals surface area (Å²) in [5.74, 6) is 2.39. The third-order valence-corrected chi connectivity index (χ3v) is 6.50. The summed E-state index contributed by atoms with van der Waals surface area (Å²) in [4.78, 5) is 11.0. The molecule has 3 rings (SSSR count). The van der Waals surface area contributed by atoms with Crippen molar-refractivity contribution in [3.8, 4) is 0 Å². The van der Waals surface area contributed by atoms with Gasteiger partial charge in [0, 0.05) is 51.9 Å². The van der Waals surface area contributed by atoms with Crippen molar-refractivity contribution in [3.63, 3.8) is 0 Å². The first-order valence-electron chi connectivity index (χ1n) is 8.60. The Kier molecular flexibility index (Phi) is 5.21. The first kappa shape index (κ1) is 17.4. The molecule has 0 saturated carbocycles. The molecule has 0 radical (unpaired) electrons. The smallest absolute Gasteiger partial charge is 0.282 e. The van der Waals surface area contributed by atoms with Crippen LogP contribution in [0, 0.1) is 6.92 Å². The van der Waals surface area contributed by atoms with Gasteiger partial charge in [-0.1, -0.05) is 0 Å². The Hall–Kier alpha value is -1.45. The van der Waals surface area contributed by atoms with Crippen LogP contribution in [0.5, 0.6) is 0 Å². The number of rotatable bonds is 5. The van der Waals surface area contributed by atoms with Gasteiger partial charge < -0.3 is 10.2 Å². The van der Waals surface area contributed by atoms with Crippen molar-refractivity contribution in [2.75, 3.05) is 56.0 Å². The maximum atomic E-state index is 12.6. The van der Waals surface area contributed by atoms with Crippen LogP contribution < -0.4 is 10.2 Å². The summed E-state index contributed by atoms with van der Waals surface area (Å²) in [5, 5.41) is 3.21. The van der Waals surface area contributed by atoms with Gasteiger partial charge in [0.05, 0.1) is 0 Å². The summed E-state index contributed by atoms with van der Waals surface area (Å²) in [6.45, 7) is 8.30. The van der Waals surface area contributed by atoms with E-state index in [9.17, 15) is 8.42 Å². The normalized spacial score (nSPS) is 20.5. The number of hydrogen-bond donors (Lipinski definition) is 1. The van der Waals surface area contributed by atoms with E-state index in [-0.39, 0.29) is 0 Å². The van der Waals surface area contributed by atoms with Crippen LogP contribution in [-0.2, 0) is 10.2 Å². The molecule has 0 spiro atoms. The number of nitrogens with zero attached hydrogens (tertiary/aromatic N) is 5. The van der Waals surface area contributed by atoms with Crippen LogP contribution in [0.4, 0.5) is 11.6 Å². The highest BCUT2D eigenvalue weighted by atomic mass is 32.2. The Bertz CT molecular complexity index is 667.